The molecule has 0 saturated carbocycles. The smallest absolute Gasteiger partial charge is 0.226 e. The number of thiazole rings is 1. The van der Waals surface area contributed by atoms with E-state index in [1.54, 1.807) is 11.3 Å². The Bertz CT molecular complexity index is 676. The second-order valence-electron chi connectivity index (χ2n) is 5.69. The number of hydrogen-bond acceptors (Lipinski definition) is 5. The molecule has 2 aromatic rings. The Hall–Kier alpha value is -1.73. The number of aromatic nitrogens is 1. The summed E-state index contributed by atoms with van der Waals surface area (Å²) in [6.45, 7) is 6.24. The van der Waals surface area contributed by atoms with Crippen LogP contribution >= 0.6 is 22.7 Å². The number of carbonyl (C=O) groups is 2. The highest BCUT2D eigenvalue weighted by Crippen LogP contribution is 2.30. The third-order valence-electron chi connectivity index (χ3n) is 3.12. The van der Waals surface area contributed by atoms with Crippen LogP contribution in [0.1, 0.15) is 38.5 Å². The van der Waals surface area contributed by atoms with Crippen molar-refractivity contribution in [1.29, 1.82) is 0 Å². The predicted molar refractivity (Wildman–Crippen MR) is 95.6 cm³/mol. The molecule has 2 N–H and O–H groups in total. The fourth-order valence-electron chi connectivity index (χ4n) is 1.87. The van der Waals surface area contributed by atoms with Crippen molar-refractivity contribution in [3.63, 3.8) is 0 Å². The zero-order valence-corrected chi connectivity index (χ0v) is 15.1. The normalized spacial score (nSPS) is 10.8. The number of rotatable bonds is 7. The van der Waals surface area contributed by atoms with E-state index in [9.17, 15) is 9.59 Å². The molecule has 5 nitrogen and oxygen atoms in total. The molecule has 0 saturated heterocycles. The van der Waals surface area contributed by atoms with Gasteiger partial charge in [-0.1, -0.05) is 13.8 Å². The van der Waals surface area contributed by atoms with Crippen molar-refractivity contribution in [3.8, 4) is 10.6 Å². The summed E-state index contributed by atoms with van der Waals surface area (Å²) in [5.74, 6) is 0.484. The summed E-state index contributed by atoms with van der Waals surface area (Å²) in [6.07, 6.45) is 1.40. The summed E-state index contributed by atoms with van der Waals surface area (Å²) in [7, 11) is 0. The Kier molecular flexibility index (Phi) is 6.29. The van der Waals surface area contributed by atoms with Gasteiger partial charge in [0.1, 0.15) is 0 Å². The van der Waals surface area contributed by atoms with Crippen LogP contribution in [-0.2, 0) is 16.1 Å². The Morgan fingerprint density at radius 2 is 2.09 bits per heavy atom. The zero-order chi connectivity index (χ0) is 16.8. The van der Waals surface area contributed by atoms with Gasteiger partial charge >= 0.3 is 0 Å². The van der Waals surface area contributed by atoms with E-state index in [0.717, 1.165) is 21.9 Å². The van der Waals surface area contributed by atoms with Crippen LogP contribution in [0.5, 0.6) is 0 Å². The van der Waals surface area contributed by atoms with E-state index >= 15 is 0 Å². The van der Waals surface area contributed by atoms with Gasteiger partial charge in [-0.3, -0.25) is 9.59 Å². The van der Waals surface area contributed by atoms with E-state index in [4.69, 9.17) is 0 Å². The van der Waals surface area contributed by atoms with Gasteiger partial charge in [0.25, 0.3) is 0 Å². The summed E-state index contributed by atoms with van der Waals surface area (Å²) < 4.78 is 0. The molecule has 2 amide bonds. The molecular weight excluding hydrogens is 330 g/mol. The largest absolute Gasteiger partial charge is 0.351 e. The summed E-state index contributed by atoms with van der Waals surface area (Å²) in [5, 5.41) is 8.19. The van der Waals surface area contributed by atoms with Crippen molar-refractivity contribution in [2.75, 3.05) is 5.32 Å². The Morgan fingerprint density at radius 1 is 1.30 bits per heavy atom. The van der Waals surface area contributed by atoms with E-state index < -0.39 is 0 Å². The Labute approximate surface area is 144 Å². The van der Waals surface area contributed by atoms with Crippen molar-refractivity contribution in [2.45, 2.75) is 40.2 Å². The monoisotopic (exact) mass is 351 g/mol. The maximum absolute atomic E-state index is 11.8. The fraction of sp³-hybridized carbons (Fsp3) is 0.438. The summed E-state index contributed by atoms with van der Waals surface area (Å²) in [4.78, 5) is 29.3. The van der Waals surface area contributed by atoms with Crippen LogP contribution in [0.3, 0.4) is 0 Å². The molecule has 0 fully saturated rings. The number of nitrogens with one attached hydrogen (secondary N) is 2. The van der Waals surface area contributed by atoms with Gasteiger partial charge in [0.2, 0.25) is 11.8 Å². The molecule has 124 valence electrons. The third kappa shape index (κ3) is 5.76. The second kappa shape index (κ2) is 8.21. The SMILES string of the molecule is CC(=O)NCc1ccc(-c2csc(NC(=O)CCC(C)C)n2)s1. The molecule has 23 heavy (non-hydrogen) atoms. The lowest BCUT2D eigenvalue weighted by Crippen LogP contribution is -2.17. The van der Waals surface area contributed by atoms with E-state index in [1.165, 1.54) is 18.3 Å². The second-order valence-corrected chi connectivity index (χ2v) is 7.72. The van der Waals surface area contributed by atoms with Gasteiger partial charge in [0, 0.05) is 23.6 Å². The third-order valence-corrected chi connectivity index (χ3v) is 4.99. The molecule has 7 heteroatoms. The number of carbonyl (C=O) groups excluding carboxylic acids is 2. The highest BCUT2D eigenvalue weighted by Gasteiger charge is 2.10. The van der Waals surface area contributed by atoms with Crippen LogP contribution in [0.25, 0.3) is 10.6 Å². The average molecular weight is 351 g/mol. The van der Waals surface area contributed by atoms with Crippen LogP contribution in [-0.4, -0.2) is 16.8 Å². The molecule has 2 rings (SSSR count). The lowest BCUT2D eigenvalue weighted by molar-refractivity contribution is -0.119. The van der Waals surface area contributed by atoms with Crippen LogP contribution in [0.2, 0.25) is 0 Å². The molecule has 2 heterocycles. The Morgan fingerprint density at radius 3 is 2.78 bits per heavy atom. The fourth-order valence-corrected chi connectivity index (χ4v) is 3.58. The first-order chi connectivity index (χ1) is 10.9. The molecule has 0 radical (unpaired) electrons. The van der Waals surface area contributed by atoms with Gasteiger partial charge in [-0.15, -0.1) is 22.7 Å². The quantitative estimate of drug-likeness (QED) is 0.795. The minimum atomic E-state index is -0.0417. The molecule has 2 aromatic heterocycles. The minimum absolute atomic E-state index is 0.0112. The maximum atomic E-state index is 11.8. The zero-order valence-electron chi connectivity index (χ0n) is 13.5. The van der Waals surface area contributed by atoms with Crippen LogP contribution in [0.4, 0.5) is 5.13 Å². The molecular formula is C16H21N3O2S2. The summed E-state index contributed by atoms with van der Waals surface area (Å²) >= 11 is 3.02. The molecule has 0 bridgehead atoms. The summed E-state index contributed by atoms with van der Waals surface area (Å²) in [6, 6.07) is 3.97. The van der Waals surface area contributed by atoms with Crippen molar-refractivity contribution >= 4 is 39.6 Å². The molecule has 0 aliphatic heterocycles. The summed E-state index contributed by atoms with van der Waals surface area (Å²) in [5.41, 5.74) is 0.855. The number of amides is 2. The topological polar surface area (TPSA) is 71.1 Å². The van der Waals surface area contributed by atoms with Crippen molar-refractivity contribution in [3.05, 3.63) is 22.4 Å². The van der Waals surface area contributed by atoms with Gasteiger partial charge in [-0.2, -0.15) is 0 Å². The molecule has 0 atom stereocenters. The van der Waals surface area contributed by atoms with E-state index in [-0.39, 0.29) is 11.8 Å². The lowest BCUT2D eigenvalue weighted by Gasteiger charge is -2.03. The Balaban J connectivity index is 1.93. The first-order valence-corrected chi connectivity index (χ1v) is 9.22. The van der Waals surface area contributed by atoms with Crippen molar-refractivity contribution in [2.24, 2.45) is 5.92 Å². The number of anilines is 1. The molecule has 0 aliphatic carbocycles. The number of thiophene rings is 1. The van der Waals surface area contributed by atoms with Crippen LogP contribution < -0.4 is 10.6 Å². The molecule has 0 unspecified atom stereocenters. The van der Waals surface area contributed by atoms with E-state index in [2.05, 4.69) is 29.5 Å². The molecule has 0 aromatic carbocycles. The van der Waals surface area contributed by atoms with Gasteiger partial charge in [-0.05, 0) is 24.5 Å². The van der Waals surface area contributed by atoms with E-state index in [0.29, 0.717) is 24.0 Å². The van der Waals surface area contributed by atoms with Crippen molar-refractivity contribution in [1.82, 2.24) is 10.3 Å². The van der Waals surface area contributed by atoms with Gasteiger partial charge < -0.3 is 10.6 Å². The maximum Gasteiger partial charge on any atom is 0.226 e. The number of hydrogen-bond donors (Lipinski definition) is 2. The first-order valence-electron chi connectivity index (χ1n) is 7.53. The highest BCUT2D eigenvalue weighted by atomic mass is 32.1. The molecule has 0 aliphatic rings. The van der Waals surface area contributed by atoms with Gasteiger partial charge in [0.05, 0.1) is 17.1 Å². The highest BCUT2D eigenvalue weighted by molar-refractivity contribution is 7.17. The predicted octanol–water partition coefficient (Wildman–Crippen LogP) is 3.88. The van der Waals surface area contributed by atoms with E-state index in [1.807, 2.05) is 17.5 Å². The minimum Gasteiger partial charge on any atom is -0.351 e. The van der Waals surface area contributed by atoms with Gasteiger partial charge in [-0.25, -0.2) is 4.98 Å². The first kappa shape index (κ1) is 17.6. The number of nitrogens with zero attached hydrogens (tertiary/aromatic N) is 1. The standard InChI is InChI=1S/C16H21N3O2S2/c1-10(2)4-7-15(21)19-16-18-13(9-22-16)14-6-5-12(23-14)8-17-11(3)20/h5-6,9-10H,4,7-8H2,1-3H3,(H,17,20)(H,18,19,21). The van der Waals surface area contributed by atoms with Crippen LogP contribution in [0, 0.1) is 5.92 Å². The average Bonchev–Trinajstić information content (AvgIpc) is 3.11. The van der Waals surface area contributed by atoms with Gasteiger partial charge in [0.15, 0.2) is 5.13 Å². The lowest BCUT2D eigenvalue weighted by atomic mass is 10.1. The van der Waals surface area contributed by atoms with Crippen molar-refractivity contribution < 1.29 is 9.59 Å². The van der Waals surface area contributed by atoms with Crippen LogP contribution in [0.15, 0.2) is 17.5 Å². The molecule has 0 spiro atoms.